The molecule has 1 rings (SSSR count). The van der Waals surface area contributed by atoms with Gasteiger partial charge in [0.05, 0.1) is 11.0 Å². The second kappa shape index (κ2) is 2.22. The molecule has 0 aliphatic carbocycles. The first-order valence-electron chi connectivity index (χ1n) is 2.61. The fourth-order valence-electron chi connectivity index (χ4n) is 0.724. The Morgan fingerprint density at radius 1 is 1.88 bits per heavy atom. The standard InChI is InChI=1S/C5H8N2S/c6-5(8)4-2-1-3-7-4/h3-4H,1-2H2,(H2,6,8). The quantitative estimate of drug-likeness (QED) is 0.522. The van der Waals surface area contributed by atoms with Gasteiger partial charge in [-0.1, -0.05) is 12.2 Å². The van der Waals surface area contributed by atoms with E-state index in [1.54, 1.807) is 0 Å². The fourth-order valence-corrected chi connectivity index (χ4v) is 0.903. The molecule has 0 aromatic heterocycles. The van der Waals surface area contributed by atoms with Crippen molar-refractivity contribution >= 4 is 23.4 Å². The summed E-state index contributed by atoms with van der Waals surface area (Å²) < 4.78 is 0. The highest BCUT2D eigenvalue weighted by molar-refractivity contribution is 7.80. The van der Waals surface area contributed by atoms with Crippen LogP contribution < -0.4 is 5.73 Å². The van der Waals surface area contributed by atoms with Gasteiger partial charge in [-0.15, -0.1) is 0 Å². The lowest BCUT2D eigenvalue weighted by molar-refractivity contribution is 0.848. The van der Waals surface area contributed by atoms with Gasteiger partial charge in [-0.25, -0.2) is 0 Å². The molecule has 0 amide bonds. The van der Waals surface area contributed by atoms with E-state index in [4.69, 9.17) is 18.0 Å². The van der Waals surface area contributed by atoms with E-state index in [2.05, 4.69) is 4.99 Å². The van der Waals surface area contributed by atoms with E-state index in [0.29, 0.717) is 4.99 Å². The topological polar surface area (TPSA) is 38.4 Å². The third-order valence-electron chi connectivity index (χ3n) is 1.18. The lowest BCUT2D eigenvalue weighted by Crippen LogP contribution is -2.22. The smallest absolute Gasteiger partial charge is 0.0997 e. The molecule has 1 heterocycles. The highest BCUT2D eigenvalue weighted by atomic mass is 32.1. The molecule has 0 saturated carbocycles. The Morgan fingerprint density at radius 3 is 2.88 bits per heavy atom. The normalized spacial score (nSPS) is 26.2. The minimum absolute atomic E-state index is 0.144. The van der Waals surface area contributed by atoms with Crippen LogP contribution in [-0.2, 0) is 0 Å². The minimum atomic E-state index is 0.144. The summed E-state index contributed by atoms with van der Waals surface area (Å²) >= 11 is 4.72. The van der Waals surface area contributed by atoms with Crippen LogP contribution in [0.3, 0.4) is 0 Å². The predicted molar refractivity (Wildman–Crippen MR) is 38.3 cm³/mol. The second-order valence-electron chi connectivity index (χ2n) is 1.83. The molecule has 0 radical (unpaired) electrons. The maximum absolute atomic E-state index is 5.32. The number of thiocarbonyl (C=S) groups is 1. The molecule has 3 heteroatoms. The molecule has 0 fully saturated rings. The summed E-state index contributed by atoms with van der Waals surface area (Å²) in [5, 5.41) is 0. The summed E-state index contributed by atoms with van der Waals surface area (Å²) in [4.78, 5) is 4.57. The van der Waals surface area contributed by atoms with Gasteiger partial charge in [0.2, 0.25) is 0 Å². The van der Waals surface area contributed by atoms with Crippen LogP contribution in [0.25, 0.3) is 0 Å². The molecule has 1 aliphatic rings. The van der Waals surface area contributed by atoms with Crippen LogP contribution in [0.2, 0.25) is 0 Å². The van der Waals surface area contributed by atoms with Crippen molar-refractivity contribution in [3.8, 4) is 0 Å². The molecular formula is C5H8N2S. The zero-order valence-electron chi connectivity index (χ0n) is 4.50. The van der Waals surface area contributed by atoms with Crippen LogP contribution >= 0.6 is 12.2 Å². The molecule has 0 saturated heterocycles. The SMILES string of the molecule is NC(=S)C1CCC=N1. The zero-order chi connectivity index (χ0) is 5.98. The number of hydrogen-bond acceptors (Lipinski definition) is 2. The first kappa shape index (κ1) is 5.69. The summed E-state index contributed by atoms with van der Waals surface area (Å²) in [6, 6.07) is 0.144. The van der Waals surface area contributed by atoms with E-state index in [9.17, 15) is 0 Å². The van der Waals surface area contributed by atoms with Gasteiger partial charge >= 0.3 is 0 Å². The molecule has 2 N–H and O–H groups in total. The maximum Gasteiger partial charge on any atom is 0.0997 e. The number of nitrogens with zero attached hydrogens (tertiary/aromatic N) is 1. The Bertz CT molecular complexity index is 130. The van der Waals surface area contributed by atoms with Crippen LogP contribution in [0.5, 0.6) is 0 Å². The highest BCUT2D eigenvalue weighted by Crippen LogP contribution is 2.06. The number of hydrogen-bond donors (Lipinski definition) is 1. The van der Waals surface area contributed by atoms with E-state index < -0.39 is 0 Å². The summed E-state index contributed by atoms with van der Waals surface area (Å²) in [5.74, 6) is 0. The van der Waals surface area contributed by atoms with Crippen LogP contribution in [0.15, 0.2) is 4.99 Å². The average Bonchev–Trinajstić information content (AvgIpc) is 2.12. The Kier molecular flexibility index (Phi) is 1.58. The van der Waals surface area contributed by atoms with Crippen molar-refractivity contribution in [3.63, 3.8) is 0 Å². The molecule has 2 nitrogen and oxygen atoms in total. The summed E-state index contributed by atoms with van der Waals surface area (Å²) in [7, 11) is 0. The third kappa shape index (κ3) is 1.04. The van der Waals surface area contributed by atoms with Crippen molar-refractivity contribution in [2.75, 3.05) is 0 Å². The van der Waals surface area contributed by atoms with Gasteiger partial charge in [0.25, 0.3) is 0 Å². The van der Waals surface area contributed by atoms with Crippen molar-refractivity contribution in [2.24, 2.45) is 10.7 Å². The Morgan fingerprint density at radius 2 is 2.62 bits per heavy atom. The van der Waals surface area contributed by atoms with Crippen molar-refractivity contribution in [1.82, 2.24) is 0 Å². The van der Waals surface area contributed by atoms with Crippen molar-refractivity contribution in [2.45, 2.75) is 18.9 Å². The van der Waals surface area contributed by atoms with E-state index in [0.717, 1.165) is 12.8 Å². The van der Waals surface area contributed by atoms with Crippen LogP contribution in [0, 0.1) is 0 Å². The van der Waals surface area contributed by atoms with Gasteiger partial charge in [0.1, 0.15) is 0 Å². The second-order valence-corrected chi connectivity index (χ2v) is 2.30. The Hall–Kier alpha value is -0.440. The van der Waals surface area contributed by atoms with Gasteiger partial charge < -0.3 is 5.73 Å². The summed E-state index contributed by atoms with van der Waals surface area (Å²) in [6.07, 6.45) is 3.92. The van der Waals surface area contributed by atoms with Crippen LogP contribution in [0.4, 0.5) is 0 Å². The van der Waals surface area contributed by atoms with Crippen LogP contribution in [-0.4, -0.2) is 17.2 Å². The first-order chi connectivity index (χ1) is 3.80. The van der Waals surface area contributed by atoms with Gasteiger partial charge in [0.15, 0.2) is 0 Å². The molecule has 1 atom stereocenters. The van der Waals surface area contributed by atoms with Crippen LogP contribution in [0.1, 0.15) is 12.8 Å². The lowest BCUT2D eigenvalue weighted by Gasteiger charge is -1.99. The van der Waals surface area contributed by atoms with Gasteiger partial charge in [-0.2, -0.15) is 0 Å². The molecule has 8 heavy (non-hydrogen) atoms. The molecule has 0 aromatic rings. The van der Waals surface area contributed by atoms with Crippen molar-refractivity contribution < 1.29 is 0 Å². The summed E-state index contributed by atoms with van der Waals surface area (Å²) in [5.41, 5.74) is 5.32. The fraction of sp³-hybridized carbons (Fsp3) is 0.600. The Labute approximate surface area is 53.8 Å². The van der Waals surface area contributed by atoms with Gasteiger partial charge in [-0.05, 0) is 19.1 Å². The van der Waals surface area contributed by atoms with E-state index >= 15 is 0 Å². The van der Waals surface area contributed by atoms with Gasteiger partial charge in [0, 0.05) is 0 Å². The predicted octanol–water partition coefficient (Wildman–Crippen LogP) is 0.506. The van der Waals surface area contributed by atoms with E-state index in [1.165, 1.54) is 0 Å². The lowest BCUT2D eigenvalue weighted by atomic mass is 10.2. The molecule has 1 unspecified atom stereocenters. The highest BCUT2D eigenvalue weighted by Gasteiger charge is 2.11. The average molecular weight is 128 g/mol. The number of rotatable bonds is 1. The largest absolute Gasteiger partial charge is 0.392 e. The molecule has 1 aliphatic heterocycles. The van der Waals surface area contributed by atoms with E-state index in [-0.39, 0.29) is 6.04 Å². The summed E-state index contributed by atoms with van der Waals surface area (Å²) in [6.45, 7) is 0. The first-order valence-corrected chi connectivity index (χ1v) is 3.02. The number of nitrogens with two attached hydrogens (primary N) is 1. The Balaban J connectivity index is 2.48. The van der Waals surface area contributed by atoms with Crippen molar-refractivity contribution in [1.29, 1.82) is 0 Å². The molecule has 0 bridgehead atoms. The monoisotopic (exact) mass is 128 g/mol. The van der Waals surface area contributed by atoms with Gasteiger partial charge in [-0.3, -0.25) is 4.99 Å². The molecule has 44 valence electrons. The van der Waals surface area contributed by atoms with E-state index in [1.807, 2.05) is 6.21 Å². The zero-order valence-corrected chi connectivity index (χ0v) is 5.32. The molecule has 0 aromatic carbocycles. The number of aliphatic imine (C=N–C) groups is 1. The maximum atomic E-state index is 5.32. The van der Waals surface area contributed by atoms with Crippen molar-refractivity contribution in [3.05, 3.63) is 0 Å². The minimum Gasteiger partial charge on any atom is -0.392 e. The third-order valence-corrected chi connectivity index (χ3v) is 1.46. The molecular weight excluding hydrogens is 120 g/mol. The molecule has 0 spiro atoms.